The number of hydrogen-bond acceptors (Lipinski definition) is 3. The fraction of sp³-hybridized carbons (Fsp3) is 0. The van der Waals surface area contributed by atoms with Gasteiger partial charge in [-0.15, -0.1) is 0 Å². The molecule has 0 saturated heterocycles. The number of hydrogen-bond donors (Lipinski definition) is 0. The summed E-state index contributed by atoms with van der Waals surface area (Å²) in [6.07, 6.45) is 3.77. The third kappa shape index (κ3) is 3.02. The Morgan fingerprint density at radius 3 is 2.08 bits per heavy atom. The molecule has 0 amide bonds. The Labute approximate surface area is 218 Å². The van der Waals surface area contributed by atoms with Crippen LogP contribution in [0.1, 0.15) is 0 Å². The molecule has 0 radical (unpaired) electrons. The van der Waals surface area contributed by atoms with Gasteiger partial charge in [0.05, 0.1) is 45.2 Å². The highest BCUT2D eigenvalue weighted by Crippen LogP contribution is 2.37. The van der Waals surface area contributed by atoms with Crippen LogP contribution in [-0.2, 0) is 0 Å². The van der Waals surface area contributed by atoms with Crippen molar-refractivity contribution in [3.63, 3.8) is 0 Å². The highest BCUT2D eigenvalue weighted by atomic mass is 15.1. The van der Waals surface area contributed by atoms with Crippen LogP contribution in [0.5, 0.6) is 0 Å². The van der Waals surface area contributed by atoms with Crippen molar-refractivity contribution in [1.82, 2.24) is 24.1 Å². The zero-order valence-electron chi connectivity index (χ0n) is 20.4. The highest BCUT2D eigenvalue weighted by Gasteiger charge is 2.20. The van der Waals surface area contributed by atoms with Crippen molar-refractivity contribution in [2.75, 3.05) is 0 Å². The Morgan fingerprint density at radius 1 is 0.500 bits per heavy atom. The lowest BCUT2D eigenvalue weighted by molar-refractivity contribution is 1.11. The van der Waals surface area contributed by atoms with Crippen LogP contribution in [0.2, 0.25) is 0 Å². The number of fused-ring (bicyclic) bond motifs is 6. The molecule has 5 heteroatoms. The lowest BCUT2D eigenvalue weighted by atomic mass is 10.1. The molecule has 0 bridgehead atoms. The second-order valence-electron chi connectivity index (χ2n) is 9.39. The predicted octanol–water partition coefficient (Wildman–Crippen LogP) is 7.73. The van der Waals surface area contributed by atoms with Gasteiger partial charge in [-0.2, -0.15) is 0 Å². The summed E-state index contributed by atoms with van der Waals surface area (Å²) in [5, 5.41) is 2.13. The quantitative estimate of drug-likeness (QED) is 0.256. The summed E-state index contributed by atoms with van der Waals surface area (Å²) >= 11 is 0. The molecule has 178 valence electrons. The van der Waals surface area contributed by atoms with Crippen LogP contribution in [0, 0.1) is 0 Å². The van der Waals surface area contributed by atoms with Gasteiger partial charge < -0.3 is 4.57 Å². The van der Waals surface area contributed by atoms with E-state index >= 15 is 0 Å². The zero-order chi connectivity index (χ0) is 25.1. The van der Waals surface area contributed by atoms with E-state index in [4.69, 9.17) is 15.0 Å². The van der Waals surface area contributed by atoms with Crippen LogP contribution in [0.15, 0.2) is 128 Å². The molecule has 0 spiro atoms. The van der Waals surface area contributed by atoms with Crippen molar-refractivity contribution in [2.24, 2.45) is 0 Å². The number of para-hydroxylation sites is 2. The molecule has 0 unspecified atom stereocenters. The molecule has 0 aliphatic rings. The first kappa shape index (κ1) is 20.9. The Kier molecular flexibility index (Phi) is 4.45. The Hall–Kier alpha value is -5.29. The summed E-state index contributed by atoms with van der Waals surface area (Å²) in [6.45, 7) is 0. The fourth-order valence-electron chi connectivity index (χ4n) is 5.52. The molecule has 0 fully saturated rings. The van der Waals surface area contributed by atoms with Crippen molar-refractivity contribution in [3.05, 3.63) is 128 Å². The molecule has 3 aromatic carbocycles. The number of aromatic nitrogens is 5. The van der Waals surface area contributed by atoms with E-state index in [1.807, 2.05) is 42.7 Å². The van der Waals surface area contributed by atoms with Gasteiger partial charge in [0.15, 0.2) is 0 Å². The minimum Gasteiger partial charge on any atom is -0.308 e. The van der Waals surface area contributed by atoms with E-state index < -0.39 is 0 Å². The Morgan fingerprint density at radius 2 is 1.26 bits per heavy atom. The Balaban J connectivity index is 1.44. The lowest BCUT2D eigenvalue weighted by Crippen LogP contribution is -1.97. The van der Waals surface area contributed by atoms with E-state index in [2.05, 4.69) is 94.1 Å². The normalized spacial score (nSPS) is 11.7. The standard InChI is InChI=1S/C33H21N5/c1-3-10-22(11-4-1)27-18-17-24(21-35-27)38-29-16-9-19-34-31(29)26-20-30-32(36-33(26)38)25-14-7-8-15-28(25)37(30)23-12-5-2-6-13-23/h1-21H. The molecular weight excluding hydrogens is 466 g/mol. The fourth-order valence-corrected chi connectivity index (χ4v) is 5.52. The van der Waals surface area contributed by atoms with Gasteiger partial charge in [0.1, 0.15) is 5.65 Å². The lowest BCUT2D eigenvalue weighted by Gasteiger charge is -2.09. The maximum atomic E-state index is 5.32. The largest absolute Gasteiger partial charge is 0.308 e. The molecule has 0 atom stereocenters. The topological polar surface area (TPSA) is 48.5 Å². The van der Waals surface area contributed by atoms with Gasteiger partial charge >= 0.3 is 0 Å². The number of pyridine rings is 3. The van der Waals surface area contributed by atoms with E-state index in [0.717, 1.165) is 66.6 Å². The maximum absolute atomic E-state index is 5.32. The summed E-state index contributed by atoms with van der Waals surface area (Å²) in [4.78, 5) is 14.9. The third-order valence-corrected chi connectivity index (χ3v) is 7.21. The molecule has 5 heterocycles. The monoisotopic (exact) mass is 487 g/mol. The first-order valence-corrected chi connectivity index (χ1v) is 12.6. The first-order chi connectivity index (χ1) is 18.9. The minimum absolute atomic E-state index is 0.872. The molecule has 5 aromatic heterocycles. The number of rotatable bonds is 3. The van der Waals surface area contributed by atoms with Crippen molar-refractivity contribution in [3.8, 4) is 22.6 Å². The molecule has 8 rings (SSSR count). The van der Waals surface area contributed by atoms with Crippen molar-refractivity contribution in [2.45, 2.75) is 0 Å². The van der Waals surface area contributed by atoms with Crippen LogP contribution in [-0.4, -0.2) is 24.1 Å². The van der Waals surface area contributed by atoms with Gasteiger partial charge in [0.25, 0.3) is 0 Å². The average Bonchev–Trinajstić information content (AvgIpc) is 3.49. The van der Waals surface area contributed by atoms with Gasteiger partial charge in [0, 0.05) is 28.2 Å². The molecule has 0 aliphatic carbocycles. The Bertz CT molecular complexity index is 2110. The molecule has 8 aromatic rings. The van der Waals surface area contributed by atoms with Crippen molar-refractivity contribution >= 4 is 44.0 Å². The van der Waals surface area contributed by atoms with E-state index in [-0.39, 0.29) is 0 Å². The molecule has 5 nitrogen and oxygen atoms in total. The van der Waals surface area contributed by atoms with Crippen LogP contribution in [0.4, 0.5) is 0 Å². The molecule has 0 aliphatic heterocycles. The molecule has 0 saturated carbocycles. The SMILES string of the molecule is c1ccc(-c2ccc(-n3c4cccnc4c4cc5c(nc43)c3ccccc3n5-c3ccccc3)cn2)cc1. The molecular formula is C33H21N5. The maximum Gasteiger partial charge on any atom is 0.148 e. The molecule has 0 N–H and O–H groups in total. The number of nitrogens with zero attached hydrogens (tertiary/aromatic N) is 5. The second kappa shape index (κ2) is 8.11. The van der Waals surface area contributed by atoms with Gasteiger partial charge in [-0.05, 0) is 48.5 Å². The van der Waals surface area contributed by atoms with Gasteiger partial charge in [-0.25, -0.2) is 4.98 Å². The average molecular weight is 488 g/mol. The van der Waals surface area contributed by atoms with Gasteiger partial charge in [-0.1, -0.05) is 66.7 Å². The summed E-state index contributed by atoms with van der Waals surface area (Å²) in [7, 11) is 0. The van der Waals surface area contributed by atoms with Gasteiger partial charge in [-0.3, -0.25) is 14.5 Å². The third-order valence-electron chi connectivity index (χ3n) is 7.21. The summed E-state index contributed by atoms with van der Waals surface area (Å²) in [6, 6.07) is 39.7. The van der Waals surface area contributed by atoms with Crippen LogP contribution < -0.4 is 0 Å². The van der Waals surface area contributed by atoms with E-state index in [9.17, 15) is 0 Å². The smallest absolute Gasteiger partial charge is 0.148 e. The summed E-state index contributed by atoms with van der Waals surface area (Å²) in [5.74, 6) is 0. The van der Waals surface area contributed by atoms with Crippen LogP contribution in [0.3, 0.4) is 0 Å². The predicted molar refractivity (Wildman–Crippen MR) is 154 cm³/mol. The van der Waals surface area contributed by atoms with E-state index in [1.54, 1.807) is 0 Å². The summed E-state index contributed by atoms with van der Waals surface area (Å²) < 4.78 is 4.47. The number of benzene rings is 3. The second-order valence-corrected chi connectivity index (χ2v) is 9.39. The van der Waals surface area contributed by atoms with Crippen LogP contribution in [0.25, 0.3) is 66.6 Å². The van der Waals surface area contributed by atoms with Crippen LogP contribution >= 0.6 is 0 Å². The van der Waals surface area contributed by atoms with E-state index in [0.29, 0.717) is 0 Å². The highest BCUT2D eigenvalue weighted by molar-refractivity contribution is 6.14. The van der Waals surface area contributed by atoms with Crippen molar-refractivity contribution < 1.29 is 0 Å². The summed E-state index contributed by atoms with van der Waals surface area (Å²) in [5.41, 5.74) is 10.1. The molecule has 38 heavy (non-hydrogen) atoms. The zero-order valence-corrected chi connectivity index (χ0v) is 20.4. The van der Waals surface area contributed by atoms with Crippen molar-refractivity contribution in [1.29, 1.82) is 0 Å². The minimum atomic E-state index is 0.872. The van der Waals surface area contributed by atoms with Gasteiger partial charge in [0.2, 0.25) is 0 Å². The van der Waals surface area contributed by atoms with E-state index in [1.165, 1.54) is 0 Å². The first-order valence-electron chi connectivity index (χ1n) is 12.6.